The van der Waals surface area contributed by atoms with Gasteiger partial charge < -0.3 is 15.1 Å². The molecule has 1 saturated heterocycles. The van der Waals surface area contributed by atoms with Crippen LogP contribution in [0, 0.1) is 17.3 Å². The average molecular weight is 660 g/mol. The number of carbonyl (C=O) groups excluding carboxylic acids is 2. The lowest BCUT2D eigenvalue weighted by atomic mass is 9.69. The molecule has 1 aliphatic carbocycles. The Bertz CT molecular complexity index is 1390. The van der Waals surface area contributed by atoms with Crippen LogP contribution >= 0.6 is 0 Å². The van der Waals surface area contributed by atoms with Crippen molar-refractivity contribution >= 4 is 17.6 Å². The van der Waals surface area contributed by atoms with Gasteiger partial charge in [-0.2, -0.15) is 18.4 Å². The first kappa shape index (κ1) is 34.8. The molecule has 2 N–H and O–H groups in total. The standard InChI is InChI=1S/C33H48F3N9O2/c1-22(2)6-11-26(23-7-9-24(10-8-23)29(46)37-20-27-39-41-42-40-27)45-30(47)28(44-18-16-43(17-19-44)21-33(34,35)36)38-32(45)14-12-25(13-15-32)31(3,4)5/h7-10,22,25-26H,6,11-21H2,1-5H3,(H,37,46)(H,39,40,41,42)/t25?,26-,32?/m1/s1. The number of hydrogen-bond acceptors (Lipinski definition) is 8. The van der Waals surface area contributed by atoms with Gasteiger partial charge in [0.25, 0.3) is 11.8 Å². The molecule has 1 aromatic carbocycles. The predicted molar refractivity (Wildman–Crippen MR) is 171 cm³/mol. The van der Waals surface area contributed by atoms with Crippen molar-refractivity contribution in [1.82, 2.24) is 40.6 Å². The molecular formula is C33H48F3N9O2. The third-order valence-electron chi connectivity index (χ3n) is 9.94. The van der Waals surface area contributed by atoms with Gasteiger partial charge in [0.2, 0.25) is 0 Å². The second-order valence-corrected chi connectivity index (χ2v) is 14.7. The van der Waals surface area contributed by atoms with Crippen molar-refractivity contribution in [1.29, 1.82) is 0 Å². The van der Waals surface area contributed by atoms with Gasteiger partial charge in [0.15, 0.2) is 11.7 Å². The van der Waals surface area contributed by atoms with E-state index in [0.29, 0.717) is 42.1 Å². The van der Waals surface area contributed by atoms with Gasteiger partial charge >= 0.3 is 6.18 Å². The normalized spacial score (nSPS) is 23.5. The Balaban J connectivity index is 1.42. The lowest BCUT2D eigenvalue weighted by molar-refractivity contribution is -0.148. The third kappa shape index (κ3) is 8.31. The summed E-state index contributed by atoms with van der Waals surface area (Å²) < 4.78 is 39.2. The van der Waals surface area contributed by atoms with E-state index in [9.17, 15) is 22.8 Å². The average Bonchev–Trinajstić information content (AvgIpc) is 3.62. The van der Waals surface area contributed by atoms with Crippen LogP contribution in [-0.2, 0) is 11.3 Å². The summed E-state index contributed by atoms with van der Waals surface area (Å²) >= 11 is 0. The topological polar surface area (TPSA) is 123 Å². The highest BCUT2D eigenvalue weighted by atomic mass is 19.4. The second-order valence-electron chi connectivity index (χ2n) is 14.7. The molecule has 5 rings (SSSR count). The Hall–Kier alpha value is -3.55. The number of aromatic amines is 1. The number of benzene rings is 1. The smallest absolute Gasteiger partial charge is 0.350 e. The van der Waals surface area contributed by atoms with Crippen molar-refractivity contribution in [2.24, 2.45) is 22.2 Å². The Morgan fingerprint density at radius 3 is 2.26 bits per heavy atom. The van der Waals surface area contributed by atoms with Gasteiger partial charge in [0, 0.05) is 31.7 Å². The number of amides is 2. The number of halogens is 3. The first-order valence-electron chi connectivity index (χ1n) is 16.7. The number of nitrogens with one attached hydrogen (secondary N) is 2. The van der Waals surface area contributed by atoms with Gasteiger partial charge in [-0.05, 0) is 73.5 Å². The van der Waals surface area contributed by atoms with E-state index < -0.39 is 18.4 Å². The number of tetrazole rings is 1. The second kappa shape index (κ2) is 13.9. The number of nitrogens with zero attached hydrogens (tertiary/aromatic N) is 7. The van der Waals surface area contributed by atoms with Gasteiger partial charge in [0.1, 0.15) is 5.66 Å². The summed E-state index contributed by atoms with van der Waals surface area (Å²) in [6, 6.07) is 7.11. The van der Waals surface area contributed by atoms with Crippen molar-refractivity contribution in [3.63, 3.8) is 0 Å². The minimum absolute atomic E-state index is 0.133. The maximum Gasteiger partial charge on any atom is 0.401 e. The minimum atomic E-state index is -4.26. The maximum atomic E-state index is 14.6. The number of aliphatic imine (C=N–C) groups is 1. The Morgan fingerprint density at radius 2 is 1.70 bits per heavy atom. The molecule has 1 spiro atoms. The lowest BCUT2D eigenvalue weighted by Gasteiger charge is -2.47. The molecule has 0 unspecified atom stereocenters. The molecule has 3 heterocycles. The number of rotatable bonds is 9. The van der Waals surface area contributed by atoms with E-state index in [-0.39, 0.29) is 42.9 Å². The van der Waals surface area contributed by atoms with Gasteiger partial charge in [0.05, 0.1) is 19.1 Å². The minimum Gasteiger partial charge on any atom is -0.350 e. The van der Waals surface area contributed by atoms with Crippen molar-refractivity contribution in [2.45, 2.75) is 97.6 Å². The highest BCUT2D eigenvalue weighted by Crippen LogP contribution is 2.49. The van der Waals surface area contributed by atoms with E-state index >= 15 is 0 Å². The van der Waals surface area contributed by atoms with Gasteiger partial charge in [-0.25, -0.2) is 4.99 Å². The van der Waals surface area contributed by atoms with Crippen LogP contribution in [0.1, 0.15) is 101 Å². The first-order chi connectivity index (χ1) is 22.1. The molecule has 3 aliphatic rings. The van der Waals surface area contributed by atoms with Crippen LogP contribution in [0.4, 0.5) is 13.2 Å². The molecule has 2 aliphatic heterocycles. The summed E-state index contributed by atoms with van der Waals surface area (Å²) in [6.07, 6.45) is 0.663. The Labute approximate surface area is 274 Å². The molecule has 0 radical (unpaired) electrons. The quantitative estimate of drug-likeness (QED) is 0.390. The fourth-order valence-electron chi connectivity index (χ4n) is 7.21. The summed E-state index contributed by atoms with van der Waals surface area (Å²) in [4.78, 5) is 38.0. The van der Waals surface area contributed by atoms with Gasteiger partial charge in [-0.1, -0.05) is 52.0 Å². The van der Waals surface area contributed by atoms with E-state index in [0.717, 1.165) is 44.1 Å². The Kier molecular flexibility index (Phi) is 10.3. The fraction of sp³-hybridized carbons (Fsp3) is 0.697. The number of carbonyl (C=O) groups is 2. The summed E-state index contributed by atoms with van der Waals surface area (Å²) in [5.74, 6) is 1.22. The van der Waals surface area contributed by atoms with Crippen molar-refractivity contribution in [3.8, 4) is 0 Å². The molecule has 258 valence electrons. The fourth-order valence-corrected chi connectivity index (χ4v) is 7.21. The molecular weight excluding hydrogens is 611 g/mol. The summed E-state index contributed by atoms with van der Waals surface area (Å²) in [5.41, 5.74) is 0.812. The molecule has 1 atom stereocenters. The zero-order valence-corrected chi connectivity index (χ0v) is 28.1. The molecule has 0 bridgehead atoms. The summed E-state index contributed by atoms with van der Waals surface area (Å²) in [7, 11) is 0. The van der Waals surface area contributed by atoms with Crippen LogP contribution in [0.5, 0.6) is 0 Å². The van der Waals surface area contributed by atoms with Crippen molar-refractivity contribution in [3.05, 3.63) is 41.2 Å². The van der Waals surface area contributed by atoms with Crippen LogP contribution < -0.4 is 5.32 Å². The SMILES string of the molecule is CC(C)CC[C@H](c1ccc(C(=O)NCc2nn[nH]n2)cc1)N1C(=O)C(N2CCN(CC(F)(F)F)CC2)=NC12CCC(C(C)(C)C)CC2. The monoisotopic (exact) mass is 659 g/mol. The van der Waals surface area contributed by atoms with E-state index in [2.05, 4.69) is 60.6 Å². The van der Waals surface area contributed by atoms with Crippen LogP contribution in [0.3, 0.4) is 0 Å². The van der Waals surface area contributed by atoms with Gasteiger partial charge in [-0.3, -0.25) is 14.5 Å². The molecule has 2 fully saturated rings. The number of amidine groups is 1. The van der Waals surface area contributed by atoms with E-state index in [4.69, 9.17) is 4.99 Å². The van der Waals surface area contributed by atoms with Crippen LogP contribution in [-0.4, -0.2) is 97.5 Å². The molecule has 2 aromatic rings. The Morgan fingerprint density at radius 1 is 1.04 bits per heavy atom. The molecule has 47 heavy (non-hydrogen) atoms. The molecule has 11 nitrogen and oxygen atoms in total. The van der Waals surface area contributed by atoms with Crippen LogP contribution in [0.2, 0.25) is 0 Å². The van der Waals surface area contributed by atoms with E-state index in [1.807, 2.05) is 21.9 Å². The number of piperazine rings is 1. The highest BCUT2D eigenvalue weighted by molar-refractivity contribution is 6.39. The third-order valence-corrected chi connectivity index (χ3v) is 9.94. The molecule has 1 saturated carbocycles. The number of aromatic nitrogens is 4. The van der Waals surface area contributed by atoms with E-state index in [1.54, 1.807) is 12.1 Å². The summed E-state index contributed by atoms with van der Waals surface area (Å²) in [6.45, 7) is 11.4. The molecule has 2 amide bonds. The molecule has 1 aromatic heterocycles. The van der Waals surface area contributed by atoms with Crippen molar-refractivity contribution < 1.29 is 22.8 Å². The van der Waals surface area contributed by atoms with Crippen LogP contribution in [0.25, 0.3) is 0 Å². The lowest BCUT2D eigenvalue weighted by Crippen LogP contribution is -2.54. The maximum absolute atomic E-state index is 14.6. The van der Waals surface area contributed by atoms with E-state index in [1.165, 1.54) is 4.90 Å². The largest absolute Gasteiger partial charge is 0.401 e. The molecule has 14 heteroatoms. The van der Waals surface area contributed by atoms with Crippen LogP contribution in [0.15, 0.2) is 29.3 Å². The number of alkyl halides is 3. The zero-order valence-electron chi connectivity index (χ0n) is 28.1. The highest BCUT2D eigenvalue weighted by Gasteiger charge is 2.53. The predicted octanol–water partition coefficient (Wildman–Crippen LogP) is 4.96. The van der Waals surface area contributed by atoms with Crippen molar-refractivity contribution in [2.75, 3.05) is 32.7 Å². The number of hydrogen-bond donors (Lipinski definition) is 2. The first-order valence-corrected chi connectivity index (χ1v) is 16.7. The number of H-pyrrole nitrogens is 1. The zero-order chi connectivity index (χ0) is 34.0. The van der Waals surface area contributed by atoms with Gasteiger partial charge in [-0.15, -0.1) is 10.2 Å². The summed E-state index contributed by atoms with van der Waals surface area (Å²) in [5, 5.41) is 16.4.